The minimum atomic E-state index is 0.417. The first-order valence-corrected chi connectivity index (χ1v) is 11.2. The summed E-state index contributed by atoms with van der Waals surface area (Å²) in [6, 6.07) is 12.8. The molecule has 3 aromatic heterocycles. The van der Waals surface area contributed by atoms with Crippen LogP contribution in [0.5, 0.6) is 0 Å². The van der Waals surface area contributed by atoms with Crippen LogP contribution in [0.2, 0.25) is 0 Å². The molecule has 5 heterocycles. The van der Waals surface area contributed by atoms with E-state index in [0.29, 0.717) is 5.92 Å². The number of benzene rings is 1. The summed E-state index contributed by atoms with van der Waals surface area (Å²) in [7, 11) is 0. The monoisotopic (exact) mass is 402 g/mol. The Morgan fingerprint density at radius 1 is 1.00 bits per heavy atom. The fourth-order valence-electron chi connectivity index (χ4n) is 4.70. The van der Waals surface area contributed by atoms with Crippen LogP contribution in [-0.2, 0) is 13.0 Å². The van der Waals surface area contributed by atoms with Crippen molar-refractivity contribution in [3.05, 3.63) is 54.4 Å². The Morgan fingerprint density at radius 3 is 2.86 bits per heavy atom. The number of hydrogen-bond acceptors (Lipinski definition) is 6. The van der Waals surface area contributed by atoms with Gasteiger partial charge in [0, 0.05) is 36.9 Å². The Balaban J connectivity index is 1.35. The van der Waals surface area contributed by atoms with Gasteiger partial charge in [-0.1, -0.05) is 30.3 Å². The van der Waals surface area contributed by atoms with Gasteiger partial charge in [0.2, 0.25) is 0 Å². The van der Waals surface area contributed by atoms with Gasteiger partial charge in [-0.15, -0.1) is 21.5 Å². The second-order valence-corrected chi connectivity index (χ2v) is 8.94. The molecule has 6 rings (SSSR count). The molecule has 1 saturated heterocycles. The van der Waals surface area contributed by atoms with E-state index in [2.05, 4.69) is 61.0 Å². The highest BCUT2D eigenvalue weighted by atomic mass is 32.1. The van der Waals surface area contributed by atoms with E-state index in [-0.39, 0.29) is 0 Å². The normalized spacial score (nSPS) is 19.0. The van der Waals surface area contributed by atoms with E-state index >= 15 is 0 Å². The van der Waals surface area contributed by atoms with Crippen molar-refractivity contribution < 1.29 is 0 Å². The standard InChI is InChI=1S/C22H22N6S/c1-2-6-15(7-3-1)18-12-17-21(23-14-24-22(17)29-18)27-10-4-8-16(13-27)20-26-25-19-9-5-11-28(19)20/h1-3,6-7,12,14,16H,4-5,8-11,13H2. The Hall–Kier alpha value is -2.80. The number of piperidine rings is 1. The fourth-order valence-corrected chi connectivity index (χ4v) is 5.69. The first-order chi connectivity index (χ1) is 14.4. The van der Waals surface area contributed by atoms with Crippen molar-refractivity contribution in [3.63, 3.8) is 0 Å². The summed E-state index contributed by atoms with van der Waals surface area (Å²) in [5.74, 6) is 3.80. The third kappa shape index (κ3) is 2.92. The van der Waals surface area contributed by atoms with Crippen LogP contribution in [-0.4, -0.2) is 37.8 Å². The molecule has 29 heavy (non-hydrogen) atoms. The van der Waals surface area contributed by atoms with Crippen LogP contribution >= 0.6 is 11.3 Å². The smallest absolute Gasteiger partial charge is 0.140 e. The van der Waals surface area contributed by atoms with Crippen LogP contribution in [0.15, 0.2) is 42.7 Å². The quantitative estimate of drug-likeness (QED) is 0.512. The minimum Gasteiger partial charge on any atom is -0.355 e. The van der Waals surface area contributed by atoms with Crippen LogP contribution < -0.4 is 4.90 Å². The lowest BCUT2D eigenvalue weighted by molar-refractivity contribution is 0.471. The molecule has 1 aromatic carbocycles. The molecule has 0 amide bonds. The van der Waals surface area contributed by atoms with Gasteiger partial charge >= 0.3 is 0 Å². The van der Waals surface area contributed by atoms with Crippen molar-refractivity contribution >= 4 is 27.4 Å². The number of thiophene rings is 1. The summed E-state index contributed by atoms with van der Waals surface area (Å²) in [6.07, 6.45) is 6.28. The van der Waals surface area contributed by atoms with Gasteiger partial charge in [0.05, 0.1) is 5.39 Å². The number of fused-ring (bicyclic) bond motifs is 2. The number of anilines is 1. The van der Waals surface area contributed by atoms with Gasteiger partial charge in [0.15, 0.2) is 0 Å². The number of rotatable bonds is 3. The Labute approximate surface area is 173 Å². The number of aromatic nitrogens is 5. The SMILES string of the molecule is c1ccc(-c2cc3c(N4CCCC(c5nnc6n5CCC6)C4)ncnc3s2)cc1. The van der Waals surface area contributed by atoms with Crippen molar-refractivity contribution in [1.29, 1.82) is 0 Å². The van der Waals surface area contributed by atoms with Crippen LogP contribution in [0.4, 0.5) is 5.82 Å². The van der Waals surface area contributed by atoms with E-state index < -0.39 is 0 Å². The summed E-state index contributed by atoms with van der Waals surface area (Å²) >= 11 is 1.74. The second kappa shape index (κ2) is 6.91. The van der Waals surface area contributed by atoms with Gasteiger partial charge in [-0.3, -0.25) is 0 Å². The topological polar surface area (TPSA) is 59.7 Å². The van der Waals surface area contributed by atoms with E-state index in [0.717, 1.165) is 54.3 Å². The maximum atomic E-state index is 4.70. The van der Waals surface area contributed by atoms with Crippen molar-refractivity contribution in [2.45, 2.75) is 38.1 Å². The number of hydrogen-bond donors (Lipinski definition) is 0. The summed E-state index contributed by atoms with van der Waals surface area (Å²) in [5.41, 5.74) is 1.23. The van der Waals surface area contributed by atoms with Gasteiger partial charge in [-0.2, -0.15) is 0 Å². The molecule has 7 heteroatoms. The van der Waals surface area contributed by atoms with Gasteiger partial charge < -0.3 is 9.47 Å². The Bertz CT molecular complexity index is 1160. The molecule has 2 aliphatic rings. The van der Waals surface area contributed by atoms with Crippen molar-refractivity contribution in [1.82, 2.24) is 24.7 Å². The van der Waals surface area contributed by atoms with Crippen LogP contribution in [0.25, 0.3) is 20.7 Å². The molecule has 2 aliphatic heterocycles. The second-order valence-electron chi connectivity index (χ2n) is 7.91. The first kappa shape index (κ1) is 17.1. The van der Waals surface area contributed by atoms with Gasteiger partial charge in [-0.25, -0.2) is 9.97 Å². The van der Waals surface area contributed by atoms with Gasteiger partial charge in [0.1, 0.15) is 28.6 Å². The van der Waals surface area contributed by atoms with Crippen LogP contribution in [0.3, 0.4) is 0 Å². The molecule has 6 nitrogen and oxygen atoms in total. The summed E-state index contributed by atoms with van der Waals surface area (Å²) in [4.78, 5) is 14.0. The highest BCUT2D eigenvalue weighted by molar-refractivity contribution is 7.21. The average molecular weight is 403 g/mol. The first-order valence-electron chi connectivity index (χ1n) is 10.3. The largest absolute Gasteiger partial charge is 0.355 e. The highest BCUT2D eigenvalue weighted by Gasteiger charge is 2.29. The van der Waals surface area contributed by atoms with E-state index in [1.54, 1.807) is 17.7 Å². The Morgan fingerprint density at radius 2 is 1.93 bits per heavy atom. The maximum absolute atomic E-state index is 4.70. The predicted octanol–water partition coefficient (Wildman–Crippen LogP) is 4.28. The molecule has 0 N–H and O–H groups in total. The maximum Gasteiger partial charge on any atom is 0.140 e. The molecule has 1 fully saturated rings. The van der Waals surface area contributed by atoms with Crippen molar-refractivity contribution in [2.75, 3.05) is 18.0 Å². The van der Waals surface area contributed by atoms with E-state index in [4.69, 9.17) is 4.98 Å². The Kier molecular flexibility index (Phi) is 4.08. The molecule has 1 atom stereocenters. The molecule has 0 aliphatic carbocycles. The number of aryl methyl sites for hydroxylation is 1. The van der Waals surface area contributed by atoms with Crippen LogP contribution in [0, 0.1) is 0 Å². The highest BCUT2D eigenvalue weighted by Crippen LogP contribution is 2.38. The van der Waals surface area contributed by atoms with Crippen molar-refractivity contribution in [3.8, 4) is 10.4 Å². The molecule has 4 aromatic rings. The lowest BCUT2D eigenvalue weighted by atomic mass is 9.97. The zero-order chi connectivity index (χ0) is 19.2. The molecule has 0 spiro atoms. The molecule has 0 bridgehead atoms. The lowest BCUT2D eigenvalue weighted by Gasteiger charge is -2.33. The van der Waals surface area contributed by atoms with Gasteiger partial charge in [0.25, 0.3) is 0 Å². The van der Waals surface area contributed by atoms with Gasteiger partial charge in [-0.05, 0) is 30.9 Å². The third-order valence-corrected chi connectivity index (χ3v) is 7.18. The van der Waals surface area contributed by atoms with E-state index in [1.165, 1.54) is 29.1 Å². The molecule has 146 valence electrons. The lowest BCUT2D eigenvalue weighted by Crippen LogP contribution is -2.36. The zero-order valence-corrected chi connectivity index (χ0v) is 17.0. The summed E-state index contributed by atoms with van der Waals surface area (Å²) in [5, 5.41) is 10.1. The molecule has 0 saturated carbocycles. The zero-order valence-electron chi connectivity index (χ0n) is 16.2. The molecular formula is C22H22N6S. The molecular weight excluding hydrogens is 380 g/mol. The van der Waals surface area contributed by atoms with Crippen LogP contribution in [0.1, 0.15) is 36.8 Å². The van der Waals surface area contributed by atoms with E-state index in [9.17, 15) is 0 Å². The summed E-state index contributed by atoms with van der Waals surface area (Å²) in [6.45, 7) is 3.04. The molecule has 0 radical (unpaired) electrons. The third-order valence-electron chi connectivity index (χ3n) is 6.09. The number of nitrogens with zero attached hydrogens (tertiary/aromatic N) is 6. The minimum absolute atomic E-state index is 0.417. The fraction of sp³-hybridized carbons (Fsp3) is 0.364. The summed E-state index contributed by atoms with van der Waals surface area (Å²) < 4.78 is 2.35. The average Bonchev–Trinajstić information content (AvgIpc) is 3.49. The molecule has 1 unspecified atom stereocenters. The van der Waals surface area contributed by atoms with Crippen molar-refractivity contribution in [2.24, 2.45) is 0 Å². The predicted molar refractivity (Wildman–Crippen MR) is 115 cm³/mol. The van der Waals surface area contributed by atoms with E-state index in [1.807, 2.05) is 0 Å².